The van der Waals surface area contributed by atoms with Crippen LogP contribution in [0.3, 0.4) is 0 Å². The highest BCUT2D eigenvalue weighted by atomic mass is 16.5. The van der Waals surface area contributed by atoms with Gasteiger partial charge in [0.1, 0.15) is 6.04 Å². The molecule has 1 aromatic rings. The monoisotopic (exact) mass is 252 g/mol. The second kappa shape index (κ2) is 5.97. The summed E-state index contributed by atoms with van der Waals surface area (Å²) in [5.41, 5.74) is 6.91. The van der Waals surface area contributed by atoms with E-state index in [2.05, 4.69) is 10.2 Å². The van der Waals surface area contributed by atoms with Crippen LogP contribution in [0.15, 0.2) is 12.3 Å². The number of carbonyl (C=O) groups excluding carboxylic acids is 1. The summed E-state index contributed by atoms with van der Waals surface area (Å²) < 4.78 is 4.91. The van der Waals surface area contributed by atoms with Crippen LogP contribution < -0.4 is 5.73 Å². The van der Waals surface area contributed by atoms with E-state index in [1.54, 1.807) is 13.3 Å². The Balaban J connectivity index is 1.85. The van der Waals surface area contributed by atoms with E-state index in [-0.39, 0.29) is 12.5 Å². The zero-order valence-corrected chi connectivity index (χ0v) is 10.6. The van der Waals surface area contributed by atoms with Gasteiger partial charge >= 0.3 is 0 Å². The molecule has 0 saturated carbocycles. The van der Waals surface area contributed by atoms with Gasteiger partial charge in [0.25, 0.3) is 0 Å². The Labute approximate surface area is 106 Å². The lowest BCUT2D eigenvalue weighted by atomic mass is 9.93. The Morgan fingerprint density at radius 1 is 1.67 bits per heavy atom. The minimum absolute atomic E-state index is 0.0140. The van der Waals surface area contributed by atoms with Crippen molar-refractivity contribution in [3.63, 3.8) is 0 Å². The lowest BCUT2D eigenvalue weighted by Crippen LogP contribution is -2.48. The molecule has 0 aliphatic carbocycles. The average Bonchev–Trinajstić information content (AvgIpc) is 2.92. The van der Waals surface area contributed by atoms with Crippen molar-refractivity contribution in [2.24, 2.45) is 5.73 Å². The molecule has 1 aliphatic rings. The van der Waals surface area contributed by atoms with E-state index in [9.17, 15) is 4.79 Å². The molecule has 1 atom stereocenters. The number of nitrogens with one attached hydrogen (secondary N) is 1. The Kier molecular flexibility index (Phi) is 4.33. The molecule has 6 nitrogen and oxygen atoms in total. The van der Waals surface area contributed by atoms with Crippen LogP contribution in [0, 0.1) is 0 Å². The number of nitrogens with two attached hydrogens (primary N) is 1. The molecule has 0 bridgehead atoms. The van der Waals surface area contributed by atoms with Gasteiger partial charge in [-0.1, -0.05) is 0 Å². The summed E-state index contributed by atoms with van der Waals surface area (Å²) in [5.74, 6) is 0.454. The van der Waals surface area contributed by atoms with Gasteiger partial charge in [0.2, 0.25) is 5.91 Å². The maximum atomic E-state index is 12.0. The highest BCUT2D eigenvalue weighted by molar-refractivity contribution is 5.81. The smallest absolute Gasteiger partial charge is 0.241 e. The van der Waals surface area contributed by atoms with Crippen molar-refractivity contribution < 1.29 is 9.53 Å². The van der Waals surface area contributed by atoms with Crippen LogP contribution in [0.4, 0.5) is 0 Å². The Morgan fingerprint density at radius 3 is 2.94 bits per heavy atom. The molecule has 1 aromatic heterocycles. The first-order valence-electron chi connectivity index (χ1n) is 6.25. The van der Waals surface area contributed by atoms with Crippen LogP contribution in [0.2, 0.25) is 0 Å². The third kappa shape index (κ3) is 2.88. The summed E-state index contributed by atoms with van der Waals surface area (Å²) in [5, 5.41) is 6.96. The number of rotatable bonds is 4. The van der Waals surface area contributed by atoms with E-state index in [1.807, 2.05) is 11.0 Å². The molecule has 1 unspecified atom stereocenters. The van der Waals surface area contributed by atoms with Gasteiger partial charge in [0.15, 0.2) is 0 Å². The third-order valence-electron chi connectivity index (χ3n) is 3.43. The molecule has 6 heteroatoms. The molecule has 0 spiro atoms. The van der Waals surface area contributed by atoms with Crippen LogP contribution >= 0.6 is 0 Å². The van der Waals surface area contributed by atoms with Gasteiger partial charge in [0.05, 0.1) is 6.61 Å². The first kappa shape index (κ1) is 13.0. The average molecular weight is 252 g/mol. The quantitative estimate of drug-likeness (QED) is 0.795. The van der Waals surface area contributed by atoms with E-state index in [0.29, 0.717) is 5.92 Å². The second-order valence-corrected chi connectivity index (χ2v) is 4.67. The minimum atomic E-state index is -0.543. The summed E-state index contributed by atoms with van der Waals surface area (Å²) in [7, 11) is 1.55. The molecule has 0 aromatic carbocycles. The summed E-state index contributed by atoms with van der Waals surface area (Å²) in [6.07, 6.45) is 3.67. The molecular formula is C12H20N4O2. The van der Waals surface area contributed by atoms with Crippen LogP contribution in [0.5, 0.6) is 0 Å². The largest absolute Gasteiger partial charge is 0.383 e. The summed E-state index contributed by atoms with van der Waals surface area (Å²) in [4.78, 5) is 13.8. The molecular weight excluding hydrogens is 232 g/mol. The first-order valence-corrected chi connectivity index (χ1v) is 6.25. The lowest BCUT2D eigenvalue weighted by Gasteiger charge is -2.32. The third-order valence-corrected chi connectivity index (χ3v) is 3.43. The molecule has 3 N–H and O–H groups in total. The number of hydrogen-bond acceptors (Lipinski definition) is 4. The summed E-state index contributed by atoms with van der Waals surface area (Å²) in [6.45, 7) is 1.78. The van der Waals surface area contributed by atoms with Gasteiger partial charge in [-0.3, -0.25) is 9.89 Å². The van der Waals surface area contributed by atoms with Crippen LogP contribution in [0.25, 0.3) is 0 Å². The number of carbonyl (C=O) groups is 1. The van der Waals surface area contributed by atoms with Gasteiger partial charge in [-0.2, -0.15) is 5.10 Å². The fraction of sp³-hybridized carbons (Fsp3) is 0.667. The van der Waals surface area contributed by atoms with Crippen molar-refractivity contribution in [3.05, 3.63) is 18.0 Å². The normalized spacial score (nSPS) is 18.9. The number of amides is 1. The summed E-state index contributed by atoms with van der Waals surface area (Å²) in [6, 6.07) is 1.46. The Hall–Kier alpha value is -1.40. The van der Waals surface area contributed by atoms with E-state index in [1.165, 1.54) is 0 Å². The second-order valence-electron chi connectivity index (χ2n) is 4.67. The fourth-order valence-corrected chi connectivity index (χ4v) is 2.39. The molecule has 1 aliphatic heterocycles. The molecule has 100 valence electrons. The van der Waals surface area contributed by atoms with E-state index in [4.69, 9.17) is 10.5 Å². The molecule has 1 saturated heterocycles. The van der Waals surface area contributed by atoms with Crippen molar-refractivity contribution in [2.45, 2.75) is 24.8 Å². The van der Waals surface area contributed by atoms with Crippen LogP contribution in [-0.2, 0) is 9.53 Å². The highest BCUT2D eigenvalue weighted by Gasteiger charge is 2.27. The number of piperidine rings is 1. The maximum absolute atomic E-state index is 12.0. The number of hydrogen-bond donors (Lipinski definition) is 2. The molecule has 2 heterocycles. The zero-order chi connectivity index (χ0) is 13.0. The standard InChI is InChI=1S/C12H20N4O2/c1-18-8-10(13)12(17)16-6-3-9(4-7-16)11-2-5-14-15-11/h2,5,9-10H,3-4,6-8,13H2,1H3,(H,14,15). The maximum Gasteiger partial charge on any atom is 0.241 e. The number of aromatic nitrogens is 2. The molecule has 18 heavy (non-hydrogen) atoms. The number of aromatic amines is 1. The number of methoxy groups -OCH3 is 1. The predicted molar refractivity (Wildman–Crippen MR) is 67.0 cm³/mol. The number of nitrogens with zero attached hydrogens (tertiary/aromatic N) is 2. The molecule has 1 amide bonds. The van der Waals surface area contributed by atoms with Gasteiger partial charge in [0, 0.05) is 38.0 Å². The van der Waals surface area contributed by atoms with E-state index < -0.39 is 6.04 Å². The zero-order valence-electron chi connectivity index (χ0n) is 10.6. The van der Waals surface area contributed by atoms with E-state index >= 15 is 0 Å². The van der Waals surface area contributed by atoms with Gasteiger partial charge in [-0.25, -0.2) is 0 Å². The number of ether oxygens (including phenoxy) is 1. The minimum Gasteiger partial charge on any atom is -0.383 e. The van der Waals surface area contributed by atoms with Gasteiger partial charge in [-0.05, 0) is 18.9 Å². The van der Waals surface area contributed by atoms with Crippen molar-refractivity contribution in [2.75, 3.05) is 26.8 Å². The van der Waals surface area contributed by atoms with Crippen molar-refractivity contribution >= 4 is 5.91 Å². The van der Waals surface area contributed by atoms with Crippen molar-refractivity contribution in [3.8, 4) is 0 Å². The van der Waals surface area contributed by atoms with Crippen LogP contribution in [-0.4, -0.2) is 53.9 Å². The van der Waals surface area contributed by atoms with Gasteiger partial charge in [-0.15, -0.1) is 0 Å². The number of likely N-dealkylation sites (tertiary alicyclic amines) is 1. The Morgan fingerprint density at radius 2 is 2.39 bits per heavy atom. The highest BCUT2D eigenvalue weighted by Crippen LogP contribution is 2.26. The topological polar surface area (TPSA) is 84.2 Å². The van der Waals surface area contributed by atoms with Crippen molar-refractivity contribution in [1.82, 2.24) is 15.1 Å². The lowest BCUT2D eigenvalue weighted by molar-refractivity contribution is -0.134. The number of H-pyrrole nitrogens is 1. The van der Waals surface area contributed by atoms with Gasteiger partial charge < -0.3 is 15.4 Å². The fourth-order valence-electron chi connectivity index (χ4n) is 2.39. The van der Waals surface area contributed by atoms with E-state index in [0.717, 1.165) is 31.6 Å². The van der Waals surface area contributed by atoms with Crippen molar-refractivity contribution in [1.29, 1.82) is 0 Å². The first-order chi connectivity index (χ1) is 8.72. The Bertz CT molecular complexity index is 371. The summed E-state index contributed by atoms with van der Waals surface area (Å²) >= 11 is 0. The molecule has 1 fully saturated rings. The van der Waals surface area contributed by atoms with Crippen LogP contribution in [0.1, 0.15) is 24.5 Å². The SMILES string of the molecule is COCC(N)C(=O)N1CCC(c2ccn[nH]2)CC1. The molecule has 0 radical (unpaired) electrons. The molecule has 2 rings (SSSR count). The predicted octanol–water partition coefficient (Wildman–Crippen LogP) is 0.0894.